The number of hydrogen-bond donors (Lipinski definition) is 0. The predicted molar refractivity (Wildman–Crippen MR) is 106 cm³/mol. The van der Waals surface area contributed by atoms with Gasteiger partial charge >= 0.3 is 0 Å². The highest BCUT2D eigenvalue weighted by Crippen LogP contribution is 2.23. The van der Waals surface area contributed by atoms with E-state index in [2.05, 4.69) is 15.1 Å². The van der Waals surface area contributed by atoms with Gasteiger partial charge in [0.1, 0.15) is 5.69 Å². The van der Waals surface area contributed by atoms with Crippen molar-refractivity contribution in [2.45, 2.75) is 4.90 Å². The van der Waals surface area contributed by atoms with Crippen LogP contribution in [0.1, 0.15) is 10.4 Å². The van der Waals surface area contributed by atoms with Crippen molar-refractivity contribution in [1.29, 1.82) is 0 Å². The number of aromatic nitrogens is 2. The smallest absolute Gasteiger partial charge is 0.255 e. The van der Waals surface area contributed by atoms with Crippen LogP contribution in [-0.4, -0.2) is 53.4 Å². The summed E-state index contributed by atoms with van der Waals surface area (Å²) < 4.78 is 5.34. The summed E-state index contributed by atoms with van der Waals surface area (Å²) in [7, 11) is 0. The van der Waals surface area contributed by atoms with Gasteiger partial charge in [-0.05, 0) is 42.7 Å². The maximum Gasteiger partial charge on any atom is 0.255 e. The van der Waals surface area contributed by atoms with Crippen molar-refractivity contribution >= 4 is 23.5 Å². The topological polar surface area (TPSA) is 62.5 Å². The van der Waals surface area contributed by atoms with Gasteiger partial charge in [0, 0.05) is 31.1 Å². The Hall–Kier alpha value is -2.80. The van der Waals surface area contributed by atoms with E-state index in [4.69, 9.17) is 4.42 Å². The van der Waals surface area contributed by atoms with Gasteiger partial charge in [-0.25, -0.2) is 0 Å². The SMILES string of the molecule is CSc1ccccc1C(=O)N1CCN(c2ccc(-c3ccco3)nn2)CC1. The Labute approximate surface area is 162 Å². The molecule has 3 aromatic rings. The number of carbonyl (C=O) groups excluding carboxylic acids is 1. The second-order valence-corrected chi connectivity index (χ2v) is 7.08. The lowest BCUT2D eigenvalue weighted by molar-refractivity contribution is 0.0743. The highest BCUT2D eigenvalue weighted by atomic mass is 32.2. The summed E-state index contributed by atoms with van der Waals surface area (Å²) in [6.07, 6.45) is 3.62. The average molecular weight is 380 g/mol. The summed E-state index contributed by atoms with van der Waals surface area (Å²) in [6, 6.07) is 15.3. The second-order valence-electron chi connectivity index (χ2n) is 6.23. The molecule has 6 nitrogen and oxygen atoms in total. The van der Waals surface area contributed by atoms with Crippen LogP contribution < -0.4 is 4.90 Å². The van der Waals surface area contributed by atoms with Crippen LogP contribution in [0.2, 0.25) is 0 Å². The van der Waals surface area contributed by atoms with Gasteiger partial charge in [0.25, 0.3) is 5.91 Å². The third kappa shape index (κ3) is 3.68. The summed E-state index contributed by atoms with van der Waals surface area (Å²) in [5.41, 5.74) is 1.49. The van der Waals surface area contributed by atoms with Crippen LogP contribution in [0.4, 0.5) is 5.82 Å². The molecule has 138 valence electrons. The number of piperazine rings is 1. The fraction of sp³-hybridized carbons (Fsp3) is 0.250. The zero-order valence-corrected chi connectivity index (χ0v) is 15.9. The first-order chi connectivity index (χ1) is 13.3. The molecule has 0 saturated carbocycles. The van der Waals surface area contributed by atoms with E-state index < -0.39 is 0 Å². The Balaban J connectivity index is 1.41. The second kappa shape index (κ2) is 7.84. The molecule has 0 radical (unpaired) electrons. The van der Waals surface area contributed by atoms with Crippen molar-refractivity contribution in [3.63, 3.8) is 0 Å². The van der Waals surface area contributed by atoms with Crippen molar-refractivity contribution in [2.24, 2.45) is 0 Å². The molecule has 7 heteroatoms. The van der Waals surface area contributed by atoms with E-state index in [1.807, 2.05) is 59.7 Å². The number of furan rings is 1. The van der Waals surface area contributed by atoms with E-state index >= 15 is 0 Å². The zero-order chi connectivity index (χ0) is 18.6. The maximum atomic E-state index is 12.9. The van der Waals surface area contributed by atoms with E-state index in [1.165, 1.54) is 0 Å². The van der Waals surface area contributed by atoms with Crippen LogP contribution in [0.3, 0.4) is 0 Å². The van der Waals surface area contributed by atoms with Crippen LogP contribution in [0.15, 0.2) is 64.1 Å². The number of benzene rings is 1. The lowest BCUT2D eigenvalue weighted by atomic mass is 10.2. The Morgan fingerprint density at radius 2 is 1.81 bits per heavy atom. The van der Waals surface area contributed by atoms with E-state index in [0.29, 0.717) is 24.5 Å². The molecule has 0 atom stereocenters. The molecule has 0 aliphatic carbocycles. The van der Waals surface area contributed by atoms with Crippen molar-refractivity contribution in [1.82, 2.24) is 15.1 Å². The molecule has 1 aliphatic heterocycles. The number of hydrogen-bond acceptors (Lipinski definition) is 6. The quantitative estimate of drug-likeness (QED) is 0.647. The van der Waals surface area contributed by atoms with Crippen molar-refractivity contribution in [3.8, 4) is 11.5 Å². The molecule has 1 amide bonds. The summed E-state index contributed by atoms with van der Waals surface area (Å²) >= 11 is 1.60. The standard InChI is InChI=1S/C20H20N4O2S/c1-27-18-7-3-2-5-15(18)20(25)24-12-10-23(11-13-24)19-9-8-16(21-22-19)17-6-4-14-26-17/h2-9,14H,10-13H2,1H3. The van der Waals surface area contributed by atoms with Gasteiger partial charge in [-0.1, -0.05) is 12.1 Å². The number of thioether (sulfide) groups is 1. The molecule has 1 fully saturated rings. The predicted octanol–water partition coefficient (Wildman–Crippen LogP) is 3.42. The van der Waals surface area contributed by atoms with Gasteiger partial charge in [-0.15, -0.1) is 22.0 Å². The molecule has 0 N–H and O–H groups in total. The van der Waals surface area contributed by atoms with Crippen LogP contribution in [-0.2, 0) is 0 Å². The Morgan fingerprint density at radius 3 is 2.48 bits per heavy atom. The fourth-order valence-corrected chi connectivity index (χ4v) is 3.77. The van der Waals surface area contributed by atoms with E-state index in [-0.39, 0.29) is 5.91 Å². The molecular weight excluding hydrogens is 360 g/mol. The minimum atomic E-state index is 0.0962. The maximum absolute atomic E-state index is 12.9. The van der Waals surface area contributed by atoms with Gasteiger partial charge in [0.05, 0.1) is 11.8 Å². The summed E-state index contributed by atoms with van der Waals surface area (Å²) in [6.45, 7) is 2.82. The van der Waals surface area contributed by atoms with Crippen molar-refractivity contribution < 1.29 is 9.21 Å². The Kier molecular flexibility index (Phi) is 5.11. The molecule has 27 heavy (non-hydrogen) atoms. The number of amides is 1. The minimum absolute atomic E-state index is 0.0962. The number of nitrogens with zero attached hydrogens (tertiary/aromatic N) is 4. The van der Waals surface area contributed by atoms with Gasteiger partial charge < -0.3 is 14.2 Å². The Morgan fingerprint density at radius 1 is 1.00 bits per heavy atom. The molecule has 2 aromatic heterocycles. The first kappa shape index (κ1) is 17.6. The van der Waals surface area contributed by atoms with Crippen LogP contribution in [0, 0.1) is 0 Å². The molecule has 1 aromatic carbocycles. The van der Waals surface area contributed by atoms with Crippen molar-refractivity contribution in [2.75, 3.05) is 37.3 Å². The lowest BCUT2D eigenvalue weighted by Gasteiger charge is -2.35. The van der Waals surface area contributed by atoms with Crippen LogP contribution >= 0.6 is 11.8 Å². The normalized spacial score (nSPS) is 14.4. The number of carbonyl (C=O) groups is 1. The molecule has 1 aliphatic rings. The largest absolute Gasteiger partial charge is 0.463 e. The zero-order valence-electron chi connectivity index (χ0n) is 15.0. The van der Waals surface area contributed by atoms with Gasteiger partial charge in [-0.2, -0.15) is 0 Å². The summed E-state index contributed by atoms with van der Waals surface area (Å²) in [5.74, 6) is 1.62. The monoisotopic (exact) mass is 380 g/mol. The highest BCUT2D eigenvalue weighted by molar-refractivity contribution is 7.98. The van der Waals surface area contributed by atoms with Crippen molar-refractivity contribution in [3.05, 3.63) is 60.4 Å². The molecule has 4 rings (SSSR count). The number of anilines is 1. The fourth-order valence-electron chi connectivity index (χ4n) is 3.18. The van der Waals surface area contributed by atoms with Crippen LogP contribution in [0.25, 0.3) is 11.5 Å². The molecule has 1 saturated heterocycles. The van der Waals surface area contributed by atoms with E-state index in [9.17, 15) is 4.79 Å². The molecule has 0 bridgehead atoms. The third-order valence-corrected chi connectivity index (χ3v) is 5.45. The average Bonchev–Trinajstić information content (AvgIpc) is 3.28. The van der Waals surface area contributed by atoms with Gasteiger partial charge in [0.15, 0.2) is 11.6 Å². The first-order valence-corrected chi connectivity index (χ1v) is 10.0. The minimum Gasteiger partial charge on any atom is -0.463 e. The van der Waals surface area contributed by atoms with Gasteiger partial charge in [-0.3, -0.25) is 4.79 Å². The highest BCUT2D eigenvalue weighted by Gasteiger charge is 2.24. The lowest BCUT2D eigenvalue weighted by Crippen LogP contribution is -2.49. The first-order valence-electron chi connectivity index (χ1n) is 8.81. The third-order valence-electron chi connectivity index (χ3n) is 4.65. The molecule has 0 unspecified atom stereocenters. The van der Waals surface area contributed by atoms with Crippen LogP contribution in [0.5, 0.6) is 0 Å². The van der Waals surface area contributed by atoms with E-state index in [0.717, 1.165) is 29.4 Å². The van der Waals surface area contributed by atoms with E-state index in [1.54, 1.807) is 18.0 Å². The number of rotatable bonds is 4. The molecular formula is C20H20N4O2S. The summed E-state index contributed by atoms with van der Waals surface area (Å²) in [4.78, 5) is 17.9. The molecule has 3 heterocycles. The molecule has 0 spiro atoms. The van der Waals surface area contributed by atoms with Gasteiger partial charge in [0.2, 0.25) is 0 Å². The Bertz CT molecular complexity index is 904. The summed E-state index contributed by atoms with van der Waals surface area (Å²) in [5, 5.41) is 8.57.